The number of hydrogen-bond donors (Lipinski definition) is 1. The van der Waals surface area contributed by atoms with Crippen LogP contribution in [0, 0.1) is 0 Å². The number of imide groups is 1. The van der Waals surface area contributed by atoms with E-state index in [4.69, 9.17) is 0 Å². The molecule has 0 aliphatic heterocycles. The fraction of sp³-hybridized carbons (Fsp3) is 0.833. The van der Waals surface area contributed by atoms with Crippen molar-refractivity contribution in [1.82, 2.24) is 5.32 Å². The van der Waals surface area contributed by atoms with Crippen molar-refractivity contribution in [2.24, 2.45) is 0 Å². The summed E-state index contributed by atoms with van der Waals surface area (Å²) in [6.45, 7) is 4.53. The third kappa shape index (κ3) is 32.7. The zero-order valence-corrected chi connectivity index (χ0v) is 26.4. The van der Waals surface area contributed by atoms with Gasteiger partial charge < -0.3 is 0 Å². The van der Waals surface area contributed by atoms with Crippen molar-refractivity contribution in [2.75, 3.05) is 0 Å². The van der Waals surface area contributed by atoms with Crippen LogP contribution in [-0.4, -0.2) is 11.8 Å². The van der Waals surface area contributed by atoms with Gasteiger partial charge in [0.05, 0.1) is 0 Å². The van der Waals surface area contributed by atoms with E-state index in [1.165, 1.54) is 141 Å². The van der Waals surface area contributed by atoms with Crippen LogP contribution in [0.15, 0.2) is 24.3 Å². The van der Waals surface area contributed by atoms with Gasteiger partial charge in [0.25, 0.3) is 0 Å². The molecule has 0 unspecified atom stereocenters. The summed E-state index contributed by atoms with van der Waals surface area (Å²) in [5.74, 6) is -0.184. The van der Waals surface area contributed by atoms with Gasteiger partial charge in [-0.3, -0.25) is 14.9 Å². The predicted molar refractivity (Wildman–Crippen MR) is 172 cm³/mol. The molecule has 228 valence electrons. The second-order valence-electron chi connectivity index (χ2n) is 11.6. The largest absolute Gasteiger partial charge is 0.296 e. The lowest BCUT2D eigenvalue weighted by Gasteiger charge is -2.05. The van der Waals surface area contributed by atoms with Crippen molar-refractivity contribution in [3.63, 3.8) is 0 Å². The first-order valence-corrected chi connectivity index (χ1v) is 17.3. The van der Waals surface area contributed by atoms with Crippen LogP contribution < -0.4 is 5.32 Å². The van der Waals surface area contributed by atoms with Crippen molar-refractivity contribution < 1.29 is 9.59 Å². The number of nitrogens with one attached hydrogen (secondary N) is 1. The molecule has 0 aromatic rings. The van der Waals surface area contributed by atoms with Crippen molar-refractivity contribution in [1.29, 1.82) is 0 Å². The van der Waals surface area contributed by atoms with E-state index < -0.39 is 0 Å². The molecule has 0 radical (unpaired) electrons. The van der Waals surface area contributed by atoms with Crippen LogP contribution in [0.2, 0.25) is 0 Å². The average molecular weight is 546 g/mol. The lowest BCUT2D eigenvalue weighted by atomic mass is 10.1. The molecule has 0 aromatic carbocycles. The van der Waals surface area contributed by atoms with Gasteiger partial charge in [-0.15, -0.1) is 0 Å². The van der Waals surface area contributed by atoms with Gasteiger partial charge in [-0.1, -0.05) is 141 Å². The summed E-state index contributed by atoms with van der Waals surface area (Å²) in [7, 11) is 0. The van der Waals surface area contributed by atoms with E-state index in [9.17, 15) is 9.59 Å². The number of rotatable bonds is 30. The van der Waals surface area contributed by atoms with Crippen LogP contribution in [-0.2, 0) is 9.59 Å². The number of carbonyl (C=O) groups excluding carboxylic acids is 2. The Hall–Kier alpha value is -1.38. The summed E-state index contributed by atoms with van der Waals surface area (Å²) >= 11 is 0. The summed E-state index contributed by atoms with van der Waals surface area (Å²) in [4.78, 5) is 24.0. The second kappa shape index (κ2) is 32.8. The van der Waals surface area contributed by atoms with E-state index in [1.54, 1.807) is 0 Å². The predicted octanol–water partition coefficient (Wildman–Crippen LogP) is 11.7. The Balaban J connectivity index is 3.37. The topological polar surface area (TPSA) is 46.2 Å². The maximum absolute atomic E-state index is 12.0. The maximum Gasteiger partial charge on any atom is 0.226 e. The highest BCUT2D eigenvalue weighted by Gasteiger charge is 2.07. The minimum absolute atomic E-state index is 0.0922. The minimum Gasteiger partial charge on any atom is -0.296 e. The molecule has 0 atom stereocenters. The molecule has 3 nitrogen and oxygen atoms in total. The lowest BCUT2D eigenvalue weighted by Crippen LogP contribution is -2.29. The third-order valence-corrected chi connectivity index (χ3v) is 7.61. The maximum atomic E-state index is 12.0. The molecule has 0 aliphatic carbocycles. The van der Waals surface area contributed by atoms with E-state index in [-0.39, 0.29) is 11.8 Å². The normalized spacial score (nSPS) is 11.6. The van der Waals surface area contributed by atoms with Crippen LogP contribution in [0.4, 0.5) is 0 Å². The number of amides is 2. The molecule has 2 amide bonds. The second-order valence-corrected chi connectivity index (χ2v) is 11.6. The monoisotopic (exact) mass is 546 g/mol. The smallest absolute Gasteiger partial charge is 0.226 e. The molecule has 0 rings (SSSR count). The Labute approximate surface area is 244 Å². The molecule has 0 aromatic heterocycles. The van der Waals surface area contributed by atoms with E-state index in [2.05, 4.69) is 43.5 Å². The first-order chi connectivity index (χ1) is 19.2. The first kappa shape index (κ1) is 37.6. The Bertz CT molecular complexity index is 531. The van der Waals surface area contributed by atoms with Gasteiger partial charge in [-0.2, -0.15) is 0 Å². The molecular weight excluding hydrogens is 478 g/mol. The number of carbonyl (C=O) groups is 2. The zero-order chi connectivity index (χ0) is 28.5. The molecule has 0 bridgehead atoms. The Kier molecular flexibility index (Phi) is 31.7. The molecule has 0 aliphatic rings. The minimum atomic E-state index is -0.0922. The summed E-state index contributed by atoms with van der Waals surface area (Å²) in [5.41, 5.74) is 0. The van der Waals surface area contributed by atoms with Gasteiger partial charge in [0.15, 0.2) is 0 Å². The quantitative estimate of drug-likeness (QED) is 0.0720. The van der Waals surface area contributed by atoms with Gasteiger partial charge in [-0.25, -0.2) is 0 Å². The van der Waals surface area contributed by atoms with Crippen LogP contribution >= 0.6 is 0 Å². The Morgan fingerprint density at radius 2 is 0.641 bits per heavy atom. The van der Waals surface area contributed by atoms with Gasteiger partial charge in [0, 0.05) is 12.8 Å². The molecule has 3 heteroatoms. The van der Waals surface area contributed by atoms with Crippen LogP contribution in [0.3, 0.4) is 0 Å². The van der Waals surface area contributed by atoms with Gasteiger partial charge in [0.2, 0.25) is 11.8 Å². The SMILES string of the molecule is CCCCCCCCC=CCCCCCCCC(=O)NC(=O)CCCCCCCC=CCCCCCCCC. The van der Waals surface area contributed by atoms with E-state index >= 15 is 0 Å². The zero-order valence-electron chi connectivity index (χ0n) is 26.4. The van der Waals surface area contributed by atoms with Crippen molar-refractivity contribution in [2.45, 2.75) is 194 Å². The standard InChI is InChI=1S/C36H67NO2/c1-3-5-7-9-11-13-15-17-19-21-23-25-27-29-31-33-35(38)37-36(39)34-32-30-28-26-24-22-20-18-16-14-12-10-8-6-4-2/h17-20H,3-16,21-34H2,1-2H3,(H,37,38,39). The van der Waals surface area contributed by atoms with E-state index in [0.717, 1.165) is 25.7 Å². The molecule has 0 saturated heterocycles. The summed E-state index contributed by atoms with van der Waals surface area (Å²) in [5, 5.41) is 2.58. The highest BCUT2D eigenvalue weighted by molar-refractivity contribution is 5.95. The van der Waals surface area contributed by atoms with Gasteiger partial charge in [0.1, 0.15) is 0 Å². The van der Waals surface area contributed by atoms with Crippen LogP contribution in [0.5, 0.6) is 0 Å². The highest BCUT2D eigenvalue weighted by Crippen LogP contribution is 2.12. The van der Waals surface area contributed by atoms with Crippen molar-refractivity contribution >= 4 is 11.8 Å². The molecule has 39 heavy (non-hydrogen) atoms. The summed E-state index contributed by atoms with van der Waals surface area (Å²) in [6, 6.07) is 0. The van der Waals surface area contributed by atoms with E-state index in [1.807, 2.05) is 0 Å². The Morgan fingerprint density at radius 1 is 0.385 bits per heavy atom. The summed E-state index contributed by atoms with van der Waals surface area (Å²) < 4.78 is 0. The first-order valence-electron chi connectivity index (χ1n) is 17.3. The fourth-order valence-corrected chi connectivity index (χ4v) is 4.99. The van der Waals surface area contributed by atoms with Crippen molar-refractivity contribution in [3.05, 3.63) is 24.3 Å². The number of allylic oxidation sites excluding steroid dienone is 4. The summed E-state index contributed by atoms with van der Waals surface area (Å²) in [6.07, 6.45) is 42.9. The van der Waals surface area contributed by atoms with Gasteiger partial charge in [-0.05, 0) is 64.2 Å². The average Bonchev–Trinajstić information content (AvgIpc) is 2.93. The fourth-order valence-electron chi connectivity index (χ4n) is 4.99. The van der Waals surface area contributed by atoms with E-state index in [0.29, 0.717) is 12.8 Å². The molecular formula is C36H67NO2. The molecule has 0 heterocycles. The molecule has 0 spiro atoms. The van der Waals surface area contributed by atoms with Gasteiger partial charge >= 0.3 is 0 Å². The molecule has 0 fully saturated rings. The lowest BCUT2D eigenvalue weighted by molar-refractivity contribution is -0.130. The van der Waals surface area contributed by atoms with Crippen LogP contribution in [0.25, 0.3) is 0 Å². The number of unbranched alkanes of at least 4 members (excludes halogenated alkanes) is 22. The number of hydrogen-bond acceptors (Lipinski definition) is 2. The molecule has 1 N–H and O–H groups in total. The van der Waals surface area contributed by atoms with Crippen molar-refractivity contribution in [3.8, 4) is 0 Å². The Morgan fingerprint density at radius 3 is 0.949 bits per heavy atom. The highest BCUT2D eigenvalue weighted by atomic mass is 16.2. The van der Waals surface area contributed by atoms with Crippen LogP contribution in [0.1, 0.15) is 194 Å². The molecule has 0 saturated carbocycles. The third-order valence-electron chi connectivity index (χ3n) is 7.61.